The van der Waals surface area contributed by atoms with Crippen molar-refractivity contribution >= 4 is 58.6 Å². The highest BCUT2D eigenvalue weighted by Crippen LogP contribution is 2.28. The van der Waals surface area contributed by atoms with E-state index in [0.717, 1.165) is 11.3 Å². The van der Waals surface area contributed by atoms with Crippen molar-refractivity contribution in [1.82, 2.24) is 5.32 Å². The second-order valence-corrected chi connectivity index (χ2v) is 9.20. The van der Waals surface area contributed by atoms with Gasteiger partial charge in [0.25, 0.3) is 0 Å². The van der Waals surface area contributed by atoms with Crippen molar-refractivity contribution in [3.8, 4) is 5.75 Å². The molecule has 0 fully saturated rings. The van der Waals surface area contributed by atoms with Gasteiger partial charge in [-0.3, -0.25) is 15.0 Å². The number of rotatable bonds is 10. The molecule has 1 amide bonds. The fourth-order valence-electron chi connectivity index (χ4n) is 2.58. The van der Waals surface area contributed by atoms with E-state index in [1.165, 1.54) is 24.3 Å². The van der Waals surface area contributed by atoms with Crippen LogP contribution in [0.5, 0.6) is 5.75 Å². The van der Waals surface area contributed by atoms with Gasteiger partial charge in [-0.05, 0) is 36.8 Å². The highest BCUT2D eigenvalue weighted by Gasteiger charge is 2.38. The minimum Gasteiger partial charge on any atom is -0.481 e. The summed E-state index contributed by atoms with van der Waals surface area (Å²) in [7, 11) is 0. The van der Waals surface area contributed by atoms with Crippen LogP contribution in [0.1, 0.15) is 33.5 Å². The quantitative estimate of drug-likeness (QED) is 0.102. The number of nitrogens with two attached hydrogens (primary N) is 1. The Balaban J connectivity index is 0.000000956. The number of carbonyl (C=O) groups is 5. The molecule has 1 unspecified atom stereocenters. The molecule has 2 rings (SSSR count). The van der Waals surface area contributed by atoms with Crippen molar-refractivity contribution in [2.24, 2.45) is 11.7 Å². The normalized spacial score (nSPS) is 12.2. The van der Waals surface area contributed by atoms with E-state index in [2.05, 4.69) is 5.32 Å². The maximum absolute atomic E-state index is 12.4. The molecule has 1 aromatic carbocycles. The first kappa shape index (κ1) is 32.8. The molecular weight excluding hydrogens is 575 g/mol. The van der Waals surface area contributed by atoms with Crippen molar-refractivity contribution in [3.05, 3.63) is 50.7 Å². The number of amides is 1. The summed E-state index contributed by atoms with van der Waals surface area (Å²) in [4.78, 5) is 56.3. The first-order valence-corrected chi connectivity index (χ1v) is 11.6. The van der Waals surface area contributed by atoms with E-state index in [1.54, 1.807) is 13.0 Å². The van der Waals surface area contributed by atoms with Crippen LogP contribution in [0.4, 0.5) is 13.2 Å². The van der Waals surface area contributed by atoms with E-state index >= 15 is 0 Å². The average Bonchev–Trinajstić information content (AvgIpc) is 3.27. The molecule has 2 aromatic rings. The number of carboxylic acids is 3. The number of hydrogen-bond acceptors (Lipinski definition) is 8. The van der Waals surface area contributed by atoms with E-state index in [0.29, 0.717) is 10.4 Å². The molecule has 0 radical (unpaired) electrons. The molecule has 1 heterocycles. The van der Waals surface area contributed by atoms with Crippen molar-refractivity contribution < 1.29 is 57.2 Å². The van der Waals surface area contributed by atoms with Crippen LogP contribution in [0.2, 0.25) is 5.02 Å². The Kier molecular flexibility index (Phi) is 11.9. The van der Waals surface area contributed by atoms with Gasteiger partial charge in [0.1, 0.15) is 22.5 Å². The molecule has 0 saturated carbocycles. The van der Waals surface area contributed by atoms with E-state index in [-0.39, 0.29) is 27.9 Å². The molecule has 0 spiro atoms. The van der Waals surface area contributed by atoms with Gasteiger partial charge in [-0.15, -0.1) is 11.3 Å². The van der Waals surface area contributed by atoms with Gasteiger partial charge in [-0.25, -0.2) is 14.4 Å². The highest BCUT2D eigenvalue weighted by atomic mass is 35.5. The lowest BCUT2D eigenvalue weighted by molar-refractivity contribution is -0.192. The molecule has 0 aliphatic rings. The van der Waals surface area contributed by atoms with Gasteiger partial charge in [0.05, 0.1) is 11.4 Å². The van der Waals surface area contributed by atoms with Gasteiger partial charge < -0.3 is 31.1 Å². The number of amidine groups is 1. The second-order valence-electron chi connectivity index (χ2n) is 7.62. The van der Waals surface area contributed by atoms with Crippen LogP contribution in [-0.2, 0) is 25.6 Å². The molecule has 17 heteroatoms. The summed E-state index contributed by atoms with van der Waals surface area (Å²) in [5.74, 6) is -7.57. The summed E-state index contributed by atoms with van der Waals surface area (Å²) in [6.07, 6.45) is -5.62. The Hall–Kier alpha value is -4.18. The van der Waals surface area contributed by atoms with Crippen LogP contribution in [0.3, 0.4) is 0 Å². The Labute approximate surface area is 226 Å². The molecule has 0 bridgehead atoms. The highest BCUT2D eigenvalue weighted by molar-refractivity contribution is 7.13. The second kappa shape index (κ2) is 14.1. The van der Waals surface area contributed by atoms with Crippen LogP contribution in [0.25, 0.3) is 0 Å². The van der Waals surface area contributed by atoms with Gasteiger partial charge in [-0.1, -0.05) is 18.5 Å². The number of ether oxygens (including phenoxy) is 1. The number of aliphatic carboxylic acids is 3. The number of hydrogen-bond donors (Lipinski definition) is 6. The molecule has 39 heavy (non-hydrogen) atoms. The largest absolute Gasteiger partial charge is 0.490 e. The fourth-order valence-corrected chi connectivity index (χ4v) is 3.81. The zero-order chi connectivity index (χ0) is 30.1. The van der Waals surface area contributed by atoms with Crippen molar-refractivity contribution in [2.75, 3.05) is 0 Å². The Morgan fingerprint density at radius 3 is 2.18 bits per heavy atom. The number of carbonyl (C=O) groups excluding carboxylic acids is 2. The maximum atomic E-state index is 12.4. The maximum Gasteiger partial charge on any atom is 0.490 e. The zero-order valence-electron chi connectivity index (χ0n) is 19.7. The lowest BCUT2D eigenvalue weighted by Gasteiger charge is -2.16. The number of carboxylic acid groups (broad SMARTS) is 3. The molecule has 12 nitrogen and oxygen atoms in total. The Morgan fingerprint density at radius 1 is 1.13 bits per heavy atom. The monoisotopic (exact) mass is 595 g/mol. The number of thiophene rings is 1. The van der Waals surface area contributed by atoms with Crippen LogP contribution in [-0.4, -0.2) is 63.2 Å². The molecular formula is C22H21ClF3N3O9S. The fraction of sp³-hybridized carbons (Fsp3) is 0.273. The topological polar surface area (TPSA) is 217 Å². The average molecular weight is 596 g/mol. The molecule has 0 aliphatic carbocycles. The molecule has 1 aromatic heterocycles. The number of benzene rings is 1. The molecule has 0 aliphatic heterocycles. The lowest BCUT2D eigenvalue weighted by Crippen LogP contribution is -2.44. The minimum atomic E-state index is -5.08. The van der Waals surface area contributed by atoms with Crippen molar-refractivity contribution in [1.29, 1.82) is 5.41 Å². The van der Waals surface area contributed by atoms with Crippen LogP contribution < -0.4 is 15.8 Å². The number of alkyl halides is 3. The Bertz CT molecular complexity index is 1270. The predicted octanol–water partition coefficient (Wildman–Crippen LogP) is 2.76. The van der Waals surface area contributed by atoms with Gasteiger partial charge >= 0.3 is 30.1 Å². The standard InChI is InChI=1S/C20H20ClN3O7S.C2HF3O2/c1-9(18(27)24-13(19(28)29)8-16(25)26)6-11-3-5-15(32-11)20(30)31-14-4-2-10(17(22)23)7-12(14)21;3-2(4,5)1(6)7/h2-5,7,9,13H,6,8H2,1H3,(H3,22,23)(H,24,27)(H,25,26)(H,28,29);(H,6,7)/t9?,13-;/m0./s1. The van der Waals surface area contributed by atoms with Gasteiger partial charge in [0.2, 0.25) is 5.91 Å². The summed E-state index contributed by atoms with van der Waals surface area (Å²) >= 11 is 7.15. The van der Waals surface area contributed by atoms with E-state index in [9.17, 15) is 32.3 Å². The van der Waals surface area contributed by atoms with E-state index < -0.39 is 54.3 Å². The minimum absolute atomic E-state index is 0.0995. The molecule has 212 valence electrons. The van der Waals surface area contributed by atoms with E-state index in [4.69, 9.17) is 47.6 Å². The number of esters is 1. The summed E-state index contributed by atoms with van der Waals surface area (Å²) in [5.41, 5.74) is 5.77. The number of nitrogens with one attached hydrogen (secondary N) is 2. The Morgan fingerprint density at radius 2 is 1.72 bits per heavy atom. The lowest BCUT2D eigenvalue weighted by atomic mass is 10.0. The first-order chi connectivity index (χ1) is 17.9. The predicted molar refractivity (Wildman–Crippen MR) is 130 cm³/mol. The number of nitrogen functional groups attached to an aromatic ring is 1. The third-order valence-corrected chi connectivity index (χ3v) is 5.88. The summed E-state index contributed by atoms with van der Waals surface area (Å²) in [5, 5.41) is 34.6. The molecule has 7 N–H and O–H groups in total. The van der Waals surface area contributed by atoms with E-state index in [1.807, 2.05) is 0 Å². The van der Waals surface area contributed by atoms with Crippen LogP contribution >= 0.6 is 22.9 Å². The summed E-state index contributed by atoms with van der Waals surface area (Å²) in [6, 6.07) is 5.95. The van der Waals surface area contributed by atoms with Crippen LogP contribution in [0, 0.1) is 11.3 Å². The summed E-state index contributed by atoms with van der Waals surface area (Å²) < 4.78 is 37.0. The summed E-state index contributed by atoms with van der Waals surface area (Å²) in [6.45, 7) is 1.56. The SMILES string of the molecule is CC(Cc1ccc(C(=O)Oc2ccc(C(=N)N)cc2Cl)s1)C(=O)N[C@@H](CC(=O)O)C(=O)O.O=C(O)C(F)(F)F. The number of halogens is 4. The van der Waals surface area contributed by atoms with Crippen molar-refractivity contribution in [3.63, 3.8) is 0 Å². The van der Waals surface area contributed by atoms with Crippen molar-refractivity contribution in [2.45, 2.75) is 32.0 Å². The zero-order valence-corrected chi connectivity index (χ0v) is 21.3. The van der Waals surface area contributed by atoms with Gasteiger partial charge in [0.15, 0.2) is 0 Å². The molecule has 2 atom stereocenters. The third-order valence-electron chi connectivity index (χ3n) is 4.50. The van der Waals surface area contributed by atoms with Gasteiger partial charge in [0, 0.05) is 16.4 Å². The van der Waals surface area contributed by atoms with Gasteiger partial charge in [-0.2, -0.15) is 13.2 Å². The third kappa shape index (κ3) is 11.0. The van der Waals surface area contributed by atoms with Crippen LogP contribution in [0.15, 0.2) is 30.3 Å². The smallest absolute Gasteiger partial charge is 0.481 e. The first-order valence-electron chi connectivity index (χ1n) is 10.4. The molecule has 0 saturated heterocycles.